The number of hydrogen-bond donors (Lipinski definition) is 0. The van der Waals surface area contributed by atoms with E-state index in [0.717, 1.165) is 68.3 Å². The molecular weight excluding hydrogens is 388 g/mol. The monoisotopic (exact) mass is 416 g/mol. The molecule has 4 rings (SSSR count). The summed E-state index contributed by atoms with van der Waals surface area (Å²) in [5.74, 6) is 1.66. The molecule has 2 fully saturated rings. The zero-order chi connectivity index (χ0) is 20.4. The van der Waals surface area contributed by atoms with Crippen molar-refractivity contribution in [3.63, 3.8) is 0 Å². The second-order valence-corrected chi connectivity index (χ2v) is 8.89. The number of para-hydroxylation sites is 1. The number of aromatic nitrogens is 2. The second-order valence-electron chi connectivity index (χ2n) is 8.13. The predicted molar refractivity (Wildman–Crippen MR) is 112 cm³/mol. The van der Waals surface area contributed by atoms with Gasteiger partial charge in [-0.3, -0.25) is 9.69 Å². The number of ether oxygens (including phenoxy) is 2. The van der Waals surface area contributed by atoms with E-state index >= 15 is 0 Å². The molecule has 0 N–H and O–H groups in total. The van der Waals surface area contributed by atoms with Crippen LogP contribution in [0.2, 0.25) is 0 Å². The number of nitrogens with zero attached hydrogens (tertiary/aromatic N) is 4. The standard InChI is InChI=1S/C21H28N4O3S/c1-15-19(29-23-22-15)20(26)25-11-9-21(14-25)8-5-10-24(13-21)12-16-6-4-7-17(27-2)18(16)28-3/h4,6-7H,5,8-14H2,1-3H3/t21-/m1/s1. The van der Waals surface area contributed by atoms with Crippen LogP contribution in [0.3, 0.4) is 0 Å². The topological polar surface area (TPSA) is 67.8 Å². The molecule has 1 amide bonds. The van der Waals surface area contributed by atoms with E-state index < -0.39 is 0 Å². The lowest BCUT2D eigenvalue weighted by atomic mass is 9.79. The van der Waals surface area contributed by atoms with E-state index in [4.69, 9.17) is 9.47 Å². The summed E-state index contributed by atoms with van der Waals surface area (Å²) in [6.07, 6.45) is 3.37. The van der Waals surface area contributed by atoms with Gasteiger partial charge in [0.05, 0.1) is 19.9 Å². The average Bonchev–Trinajstić information content (AvgIpc) is 3.34. The fourth-order valence-corrected chi connectivity index (χ4v) is 5.40. The summed E-state index contributed by atoms with van der Waals surface area (Å²) >= 11 is 1.20. The van der Waals surface area contributed by atoms with Gasteiger partial charge in [0.15, 0.2) is 11.5 Å². The number of piperidine rings is 1. The summed E-state index contributed by atoms with van der Waals surface area (Å²) in [4.78, 5) is 18.1. The van der Waals surface area contributed by atoms with Crippen LogP contribution in [0.15, 0.2) is 18.2 Å². The van der Waals surface area contributed by atoms with Crippen molar-refractivity contribution in [1.29, 1.82) is 0 Å². The SMILES string of the molecule is COc1cccc(CN2CCC[C@@]3(CCN(C(=O)c4snnc4C)C3)C2)c1OC. The molecule has 2 aromatic rings. The molecule has 1 aromatic heterocycles. The minimum Gasteiger partial charge on any atom is -0.493 e. The van der Waals surface area contributed by atoms with Gasteiger partial charge in [0.2, 0.25) is 0 Å². The van der Waals surface area contributed by atoms with Gasteiger partial charge in [-0.2, -0.15) is 0 Å². The number of amides is 1. The third kappa shape index (κ3) is 3.96. The first kappa shape index (κ1) is 20.1. The first-order valence-corrected chi connectivity index (χ1v) is 10.8. The van der Waals surface area contributed by atoms with Gasteiger partial charge < -0.3 is 14.4 Å². The van der Waals surface area contributed by atoms with E-state index in [-0.39, 0.29) is 11.3 Å². The van der Waals surface area contributed by atoms with Crippen molar-refractivity contribution in [2.24, 2.45) is 5.41 Å². The van der Waals surface area contributed by atoms with Gasteiger partial charge in [-0.25, -0.2) is 0 Å². The van der Waals surface area contributed by atoms with E-state index in [0.29, 0.717) is 4.88 Å². The number of benzene rings is 1. The number of aryl methyl sites for hydroxylation is 1. The van der Waals surface area contributed by atoms with Crippen LogP contribution in [-0.2, 0) is 6.54 Å². The Bertz CT molecular complexity index is 887. The molecule has 0 aliphatic carbocycles. The number of rotatable bonds is 5. The number of methoxy groups -OCH3 is 2. The van der Waals surface area contributed by atoms with Crippen molar-refractivity contribution >= 4 is 17.4 Å². The summed E-state index contributed by atoms with van der Waals surface area (Å²) in [6.45, 7) is 6.37. The largest absolute Gasteiger partial charge is 0.493 e. The smallest absolute Gasteiger partial charge is 0.267 e. The first-order chi connectivity index (χ1) is 14.0. The molecule has 8 heteroatoms. The fourth-order valence-electron chi connectivity index (χ4n) is 4.78. The summed E-state index contributed by atoms with van der Waals surface area (Å²) in [6, 6.07) is 6.04. The highest BCUT2D eigenvalue weighted by Crippen LogP contribution is 2.41. The predicted octanol–water partition coefficient (Wildman–Crippen LogP) is 2.99. The Labute approximate surface area is 175 Å². The molecule has 7 nitrogen and oxygen atoms in total. The molecule has 29 heavy (non-hydrogen) atoms. The fraction of sp³-hybridized carbons (Fsp3) is 0.571. The molecule has 2 saturated heterocycles. The molecule has 0 saturated carbocycles. The van der Waals surface area contributed by atoms with Crippen molar-refractivity contribution in [2.45, 2.75) is 32.7 Å². The Hall–Kier alpha value is -2.19. The van der Waals surface area contributed by atoms with Crippen molar-refractivity contribution in [2.75, 3.05) is 40.4 Å². The van der Waals surface area contributed by atoms with Gasteiger partial charge in [0.1, 0.15) is 4.88 Å². The lowest BCUT2D eigenvalue weighted by Gasteiger charge is -2.40. The third-order valence-corrected chi connectivity index (χ3v) is 7.01. The quantitative estimate of drug-likeness (QED) is 0.746. The Morgan fingerprint density at radius 1 is 1.21 bits per heavy atom. The van der Waals surface area contributed by atoms with Crippen molar-refractivity contribution in [1.82, 2.24) is 19.4 Å². The lowest BCUT2D eigenvalue weighted by molar-refractivity contribution is 0.0676. The third-order valence-electron chi connectivity index (χ3n) is 6.19. The second kappa shape index (κ2) is 8.28. The Balaban J connectivity index is 1.45. The van der Waals surface area contributed by atoms with Crippen LogP contribution >= 0.6 is 11.5 Å². The number of likely N-dealkylation sites (tertiary alicyclic amines) is 2. The summed E-state index contributed by atoms with van der Waals surface area (Å²) in [5.41, 5.74) is 2.05. The number of hydrogen-bond acceptors (Lipinski definition) is 7. The average molecular weight is 417 g/mol. The molecule has 2 aliphatic heterocycles. The van der Waals surface area contributed by atoms with Crippen LogP contribution in [0.5, 0.6) is 11.5 Å². The van der Waals surface area contributed by atoms with Crippen molar-refractivity contribution in [3.8, 4) is 11.5 Å². The van der Waals surface area contributed by atoms with Gasteiger partial charge in [0, 0.05) is 37.2 Å². The highest BCUT2D eigenvalue weighted by atomic mass is 32.1. The minimum absolute atomic E-state index is 0.0842. The van der Waals surface area contributed by atoms with Gasteiger partial charge >= 0.3 is 0 Å². The molecular formula is C21H28N4O3S. The molecule has 3 heterocycles. The van der Waals surface area contributed by atoms with Crippen molar-refractivity contribution in [3.05, 3.63) is 34.3 Å². The highest BCUT2D eigenvalue weighted by Gasteiger charge is 2.43. The van der Waals surface area contributed by atoms with E-state index in [9.17, 15) is 4.79 Å². The van der Waals surface area contributed by atoms with Gasteiger partial charge in [-0.15, -0.1) is 5.10 Å². The van der Waals surface area contributed by atoms with Crippen LogP contribution < -0.4 is 9.47 Å². The molecule has 0 unspecified atom stereocenters. The molecule has 0 bridgehead atoms. The molecule has 0 radical (unpaired) electrons. The molecule has 1 atom stereocenters. The van der Waals surface area contributed by atoms with E-state index in [1.807, 2.05) is 24.0 Å². The Kier molecular flexibility index (Phi) is 5.74. The summed E-state index contributed by atoms with van der Waals surface area (Å²) in [7, 11) is 3.36. The summed E-state index contributed by atoms with van der Waals surface area (Å²) < 4.78 is 15.0. The maximum atomic E-state index is 12.9. The number of carbonyl (C=O) groups excluding carboxylic acids is 1. The van der Waals surface area contributed by atoms with Gasteiger partial charge in [0.25, 0.3) is 5.91 Å². The van der Waals surface area contributed by atoms with Crippen LogP contribution in [0.1, 0.15) is 40.2 Å². The molecule has 1 spiro atoms. The van der Waals surface area contributed by atoms with E-state index in [2.05, 4.69) is 20.6 Å². The minimum atomic E-state index is 0.0842. The zero-order valence-electron chi connectivity index (χ0n) is 17.3. The van der Waals surface area contributed by atoms with Crippen LogP contribution in [0.25, 0.3) is 0 Å². The van der Waals surface area contributed by atoms with E-state index in [1.165, 1.54) is 18.0 Å². The molecule has 156 valence electrons. The molecule has 2 aliphatic rings. The Morgan fingerprint density at radius 3 is 2.79 bits per heavy atom. The Morgan fingerprint density at radius 2 is 2.07 bits per heavy atom. The van der Waals surface area contributed by atoms with Crippen molar-refractivity contribution < 1.29 is 14.3 Å². The lowest BCUT2D eigenvalue weighted by Crippen LogP contribution is -2.45. The normalized spacial score (nSPS) is 22.2. The van der Waals surface area contributed by atoms with Gasteiger partial charge in [-0.1, -0.05) is 16.6 Å². The van der Waals surface area contributed by atoms with Crippen LogP contribution in [-0.4, -0.2) is 65.7 Å². The zero-order valence-corrected chi connectivity index (χ0v) is 18.1. The molecule has 1 aromatic carbocycles. The van der Waals surface area contributed by atoms with E-state index in [1.54, 1.807) is 14.2 Å². The number of carbonyl (C=O) groups is 1. The maximum Gasteiger partial charge on any atom is 0.267 e. The van der Waals surface area contributed by atoms with Crippen LogP contribution in [0, 0.1) is 12.3 Å². The maximum absolute atomic E-state index is 12.9. The highest BCUT2D eigenvalue weighted by molar-refractivity contribution is 7.07. The summed E-state index contributed by atoms with van der Waals surface area (Å²) in [5, 5.41) is 3.99. The van der Waals surface area contributed by atoms with Gasteiger partial charge in [-0.05, 0) is 50.3 Å². The van der Waals surface area contributed by atoms with Crippen LogP contribution in [0.4, 0.5) is 0 Å². The first-order valence-electron chi connectivity index (χ1n) is 10.1.